The fourth-order valence-corrected chi connectivity index (χ4v) is 2.97. The summed E-state index contributed by atoms with van der Waals surface area (Å²) in [5.74, 6) is 0. The predicted molar refractivity (Wildman–Crippen MR) is 76.1 cm³/mol. The second-order valence-corrected chi connectivity index (χ2v) is 5.52. The zero-order valence-electron chi connectivity index (χ0n) is 11.3. The van der Waals surface area contributed by atoms with Crippen LogP contribution >= 0.6 is 11.3 Å². The average molecular weight is 261 g/mol. The van der Waals surface area contributed by atoms with Crippen LogP contribution in [0.2, 0.25) is 0 Å². The first-order valence-corrected chi connectivity index (χ1v) is 7.09. The molecule has 0 aliphatic carbocycles. The molecule has 0 spiro atoms. The van der Waals surface area contributed by atoms with Gasteiger partial charge in [-0.3, -0.25) is 0 Å². The molecule has 18 heavy (non-hydrogen) atoms. The first-order chi connectivity index (χ1) is 8.67. The molecule has 2 heterocycles. The van der Waals surface area contributed by atoms with Crippen LogP contribution in [0.25, 0.3) is 0 Å². The van der Waals surface area contributed by atoms with Crippen molar-refractivity contribution in [1.29, 1.82) is 0 Å². The smallest absolute Gasteiger partial charge is 0.0679 e. The van der Waals surface area contributed by atoms with Crippen LogP contribution in [0.5, 0.6) is 0 Å². The summed E-state index contributed by atoms with van der Waals surface area (Å²) in [7, 11) is 2.00. The summed E-state index contributed by atoms with van der Waals surface area (Å²) in [5, 5.41) is 14.0. The van der Waals surface area contributed by atoms with Gasteiger partial charge in [0.15, 0.2) is 0 Å². The molecule has 3 nitrogen and oxygen atoms in total. The number of nitrogens with zero attached hydrogens (tertiary/aromatic N) is 2. The lowest BCUT2D eigenvalue weighted by molar-refractivity contribution is 0.668. The molecule has 0 amide bonds. The first kappa shape index (κ1) is 13.2. The van der Waals surface area contributed by atoms with E-state index in [0.717, 1.165) is 17.8 Å². The maximum Gasteiger partial charge on any atom is 0.0679 e. The van der Waals surface area contributed by atoms with E-state index < -0.39 is 0 Å². The van der Waals surface area contributed by atoms with Crippen molar-refractivity contribution in [2.45, 2.75) is 33.2 Å². The fourth-order valence-electron chi connectivity index (χ4n) is 2.23. The van der Waals surface area contributed by atoms with Gasteiger partial charge >= 0.3 is 0 Å². The van der Waals surface area contributed by atoms with Gasteiger partial charge in [0.1, 0.15) is 0 Å². The number of nitrogens with one attached hydrogen (secondary N) is 1. The van der Waals surface area contributed by atoms with Crippen LogP contribution < -0.4 is 5.32 Å². The van der Waals surface area contributed by atoms with Gasteiger partial charge in [-0.15, -0.1) is 11.3 Å². The quantitative estimate of drug-likeness (QED) is 0.919. The molecule has 1 atom stereocenters. The minimum Gasteiger partial charge on any atom is -0.309 e. The highest BCUT2D eigenvalue weighted by Gasteiger charge is 2.19. The Hall–Kier alpha value is -1.26. The molecule has 96 valence electrons. The zero-order valence-corrected chi connectivity index (χ0v) is 12.1. The Balaban J connectivity index is 2.51. The Morgan fingerprint density at radius 3 is 2.61 bits per heavy atom. The van der Waals surface area contributed by atoms with E-state index in [0.29, 0.717) is 0 Å². The summed E-state index contributed by atoms with van der Waals surface area (Å²) in [5.41, 5.74) is 4.62. The van der Waals surface area contributed by atoms with Gasteiger partial charge in [-0.05, 0) is 56.0 Å². The Kier molecular flexibility index (Phi) is 4.09. The van der Waals surface area contributed by atoms with Crippen LogP contribution in [0, 0.1) is 13.8 Å². The van der Waals surface area contributed by atoms with Crippen molar-refractivity contribution in [3.05, 3.63) is 44.9 Å². The molecule has 0 fully saturated rings. The molecule has 2 aromatic heterocycles. The van der Waals surface area contributed by atoms with Crippen molar-refractivity contribution in [2.75, 3.05) is 7.05 Å². The highest BCUT2D eigenvalue weighted by molar-refractivity contribution is 7.10. The minimum absolute atomic E-state index is 0.209. The lowest BCUT2D eigenvalue weighted by Gasteiger charge is -2.19. The maximum atomic E-state index is 4.32. The molecule has 0 aliphatic heterocycles. The minimum atomic E-state index is 0.209. The molecule has 0 radical (unpaired) electrons. The maximum absolute atomic E-state index is 4.32. The van der Waals surface area contributed by atoms with E-state index in [-0.39, 0.29) is 6.04 Å². The van der Waals surface area contributed by atoms with Crippen LogP contribution in [0.4, 0.5) is 0 Å². The van der Waals surface area contributed by atoms with Crippen molar-refractivity contribution in [3.8, 4) is 0 Å². The molecule has 2 rings (SSSR count). The number of aryl methyl sites for hydroxylation is 3. The summed E-state index contributed by atoms with van der Waals surface area (Å²) < 4.78 is 0. The molecule has 1 N–H and O–H groups in total. The third-order valence-corrected chi connectivity index (χ3v) is 4.03. The van der Waals surface area contributed by atoms with Crippen LogP contribution in [0.15, 0.2) is 17.5 Å². The highest BCUT2D eigenvalue weighted by Crippen LogP contribution is 2.29. The lowest BCUT2D eigenvalue weighted by Crippen LogP contribution is -2.20. The van der Waals surface area contributed by atoms with Crippen LogP contribution in [0.1, 0.15) is 40.4 Å². The van der Waals surface area contributed by atoms with Gasteiger partial charge in [0.2, 0.25) is 0 Å². The van der Waals surface area contributed by atoms with Gasteiger partial charge < -0.3 is 5.32 Å². The molecule has 0 saturated carbocycles. The van der Waals surface area contributed by atoms with Gasteiger partial charge in [0.25, 0.3) is 0 Å². The summed E-state index contributed by atoms with van der Waals surface area (Å²) in [6, 6.07) is 4.54. The number of rotatable bonds is 4. The van der Waals surface area contributed by atoms with Crippen molar-refractivity contribution in [2.24, 2.45) is 0 Å². The zero-order chi connectivity index (χ0) is 13.1. The molecular formula is C14H19N3S. The summed E-state index contributed by atoms with van der Waals surface area (Å²) in [6.07, 6.45) is 0.907. The Bertz CT molecular complexity index is 534. The van der Waals surface area contributed by atoms with Crippen LogP contribution in [-0.4, -0.2) is 17.2 Å². The second kappa shape index (κ2) is 5.59. The van der Waals surface area contributed by atoms with Gasteiger partial charge in [-0.25, -0.2) is 0 Å². The number of aromatic nitrogens is 2. The highest BCUT2D eigenvalue weighted by atomic mass is 32.1. The predicted octanol–water partition coefficient (Wildman–Crippen LogP) is 3.03. The van der Waals surface area contributed by atoms with Gasteiger partial charge in [-0.2, -0.15) is 10.2 Å². The number of hydrogen-bond donors (Lipinski definition) is 1. The standard InChI is InChI=1S/C14H19N3S/c1-5-13-12(8-9(2)16-17-13)14(15-4)11-6-7-18-10(11)3/h6-8,14-15H,5H2,1-4H3. The summed E-state index contributed by atoms with van der Waals surface area (Å²) in [4.78, 5) is 1.35. The van der Waals surface area contributed by atoms with E-state index in [4.69, 9.17) is 0 Å². The van der Waals surface area contributed by atoms with Gasteiger partial charge in [0.05, 0.1) is 17.4 Å². The molecule has 0 bridgehead atoms. The lowest BCUT2D eigenvalue weighted by atomic mass is 9.97. The molecule has 1 unspecified atom stereocenters. The second-order valence-electron chi connectivity index (χ2n) is 4.40. The molecule has 2 aromatic rings. The van der Waals surface area contributed by atoms with E-state index in [1.165, 1.54) is 16.0 Å². The monoisotopic (exact) mass is 261 g/mol. The third kappa shape index (κ3) is 2.44. The first-order valence-electron chi connectivity index (χ1n) is 6.21. The molecule has 4 heteroatoms. The third-order valence-electron chi connectivity index (χ3n) is 3.17. The molecule has 0 aliphatic rings. The van der Waals surface area contributed by atoms with Crippen molar-refractivity contribution in [1.82, 2.24) is 15.5 Å². The SMILES string of the molecule is CCc1nnc(C)cc1C(NC)c1ccsc1C. The van der Waals surface area contributed by atoms with Crippen molar-refractivity contribution in [3.63, 3.8) is 0 Å². The average Bonchev–Trinajstić information content (AvgIpc) is 2.77. The topological polar surface area (TPSA) is 37.8 Å². The Morgan fingerprint density at radius 1 is 1.28 bits per heavy atom. The van der Waals surface area contributed by atoms with Gasteiger partial charge in [0, 0.05) is 4.88 Å². The van der Waals surface area contributed by atoms with E-state index in [9.17, 15) is 0 Å². The summed E-state index contributed by atoms with van der Waals surface area (Å²) in [6.45, 7) is 6.27. The largest absolute Gasteiger partial charge is 0.309 e. The number of thiophene rings is 1. The Labute approximate surface area is 112 Å². The van der Waals surface area contributed by atoms with E-state index >= 15 is 0 Å². The van der Waals surface area contributed by atoms with Crippen molar-refractivity contribution < 1.29 is 0 Å². The van der Waals surface area contributed by atoms with Crippen molar-refractivity contribution >= 4 is 11.3 Å². The Morgan fingerprint density at radius 2 is 2.06 bits per heavy atom. The molecule has 0 saturated heterocycles. The van der Waals surface area contributed by atoms with Gasteiger partial charge in [-0.1, -0.05) is 6.92 Å². The van der Waals surface area contributed by atoms with Crippen LogP contribution in [-0.2, 0) is 6.42 Å². The summed E-state index contributed by atoms with van der Waals surface area (Å²) >= 11 is 1.78. The van der Waals surface area contributed by atoms with E-state index in [1.807, 2.05) is 14.0 Å². The molecule has 0 aromatic carbocycles. The van der Waals surface area contributed by atoms with E-state index in [1.54, 1.807) is 11.3 Å². The van der Waals surface area contributed by atoms with E-state index in [2.05, 4.69) is 46.9 Å². The fraction of sp³-hybridized carbons (Fsp3) is 0.429. The number of hydrogen-bond acceptors (Lipinski definition) is 4. The molecular weight excluding hydrogens is 242 g/mol. The normalized spacial score (nSPS) is 12.7. The van der Waals surface area contributed by atoms with Crippen LogP contribution in [0.3, 0.4) is 0 Å².